The lowest BCUT2D eigenvalue weighted by molar-refractivity contribution is 0.0306. The number of hydroxylamine groups is 2. The predicted octanol–water partition coefficient (Wildman–Crippen LogP) is -0.700. The first-order valence-corrected chi connectivity index (χ1v) is 1.24. The maximum atomic E-state index is 4.28. The Morgan fingerprint density at radius 2 is 2.80 bits per heavy atom. The zero-order valence-electron chi connectivity index (χ0n) is 2.49. The van der Waals surface area contributed by atoms with Crippen LogP contribution in [0.15, 0.2) is 6.20 Å². The molecule has 2 N–H and O–H groups in total. The molecule has 0 spiro atoms. The van der Waals surface area contributed by atoms with E-state index >= 15 is 0 Å². The van der Waals surface area contributed by atoms with Gasteiger partial charge in [-0.15, -0.1) is 4.94 Å². The van der Waals surface area contributed by atoms with E-state index < -0.39 is 0 Å². The first kappa shape index (κ1) is 2.45. The van der Waals surface area contributed by atoms with Gasteiger partial charge < -0.3 is 0 Å². The maximum absolute atomic E-state index is 4.28. The van der Waals surface area contributed by atoms with E-state index in [1.54, 1.807) is 0 Å². The third kappa shape index (κ3) is 0.265. The Kier molecular flexibility index (Phi) is 0.433. The van der Waals surface area contributed by atoms with Crippen LogP contribution in [0.25, 0.3) is 0 Å². The van der Waals surface area contributed by atoms with Crippen molar-refractivity contribution in [2.75, 3.05) is 0 Å². The summed E-state index contributed by atoms with van der Waals surface area (Å²) in [6.07, 6.45) is 4.04. The molecule has 0 atom stereocenters. The van der Waals surface area contributed by atoms with E-state index in [4.69, 9.17) is 0 Å². The minimum Gasteiger partial charge on any atom is -0.195 e. The van der Waals surface area contributed by atoms with Crippen LogP contribution in [0.3, 0.4) is 0 Å². The highest BCUT2D eigenvalue weighted by Crippen LogP contribution is 1.66. The van der Waals surface area contributed by atoms with Gasteiger partial charge in [-0.2, -0.15) is 5.48 Å². The topological polar surface area (TPSA) is 33.3 Å². The molecule has 3 heteroatoms. The third-order valence-corrected chi connectivity index (χ3v) is 0.300. The van der Waals surface area contributed by atoms with E-state index in [2.05, 4.69) is 22.1 Å². The van der Waals surface area contributed by atoms with Crippen molar-refractivity contribution in [2.45, 2.75) is 0 Å². The molecule has 0 amide bonds. The van der Waals surface area contributed by atoms with Crippen LogP contribution in [0.5, 0.6) is 0 Å². The normalized spacial score (nSPS) is 16.0. The van der Waals surface area contributed by atoms with Crippen molar-refractivity contribution in [3.8, 4) is 0 Å². The Morgan fingerprint density at radius 3 is 3.00 bits per heavy atom. The highest BCUT2D eigenvalue weighted by molar-refractivity contribution is 4.63. The molecule has 0 aliphatic carbocycles. The van der Waals surface area contributed by atoms with Crippen molar-refractivity contribution >= 4 is 0 Å². The lowest BCUT2D eigenvalue weighted by atomic mass is 11.0. The molecule has 0 saturated carbocycles. The van der Waals surface area contributed by atoms with E-state index in [0.29, 0.717) is 0 Å². The average Bonchev–Trinajstić information content (AvgIpc) is 1.76. The van der Waals surface area contributed by atoms with Crippen LogP contribution in [0, 0.1) is 6.20 Å². The molecule has 3 nitrogen and oxygen atoms in total. The fourth-order valence-corrected chi connectivity index (χ4v) is 0.147. The van der Waals surface area contributed by atoms with Crippen molar-refractivity contribution in [1.82, 2.24) is 11.0 Å². The summed E-state index contributed by atoms with van der Waals surface area (Å²) < 4.78 is 0. The lowest BCUT2D eigenvalue weighted by Crippen LogP contribution is -2.06. The molecule has 1 rings (SSSR count). The van der Waals surface area contributed by atoms with Gasteiger partial charge in [-0.3, -0.25) is 0 Å². The van der Waals surface area contributed by atoms with Gasteiger partial charge in [-0.05, 0) is 5.48 Å². The summed E-state index contributed by atoms with van der Waals surface area (Å²) in [7, 11) is 0. The van der Waals surface area contributed by atoms with Gasteiger partial charge in [-0.1, -0.05) is 0 Å². The first-order chi connectivity index (χ1) is 2.50. The lowest BCUT2D eigenvalue weighted by Gasteiger charge is -1.72. The Balaban J connectivity index is 2.32. The predicted molar refractivity (Wildman–Crippen MR) is 15.2 cm³/mol. The Labute approximate surface area is 29.5 Å². The molecule has 0 aromatic heterocycles. The van der Waals surface area contributed by atoms with Gasteiger partial charge in [-0.25, -0.2) is 0 Å². The fourth-order valence-electron chi connectivity index (χ4n) is 0.147. The molecular weight excluding hydrogens is 68.0 g/mol. The number of hydrogen-bond donors (Lipinski definition) is 2. The van der Waals surface area contributed by atoms with Crippen LogP contribution >= 0.6 is 0 Å². The maximum Gasteiger partial charge on any atom is 0.418 e. The van der Waals surface area contributed by atoms with E-state index in [0.717, 1.165) is 0 Å². The molecule has 0 aromatic carbocycles. The van der Waals surface area contributed by atoms with Gasteiger partial charge in [0, 0.05) is 0 Å². The number of rotatable bonds is 0. The molecule has 1 aliphatic heterocycles. The SMILES string of the molecule is [C+]1=CNON1. The third-order valence-electron chi connectivity index (χ3n) is 0.300. The van der Waals surface area contributed by atoms with Crippen molar-refractivity contribution in [2.24, 2.45) is 0 Å². The molecule has 1 heterocycles. The summed E-state index contributed by atoms with van der Waals surface area (Å²) in [5, 5.41) is 0. The van der Waals surface area contributed by atoms with Gasteiger partial charge in [0.1, 0.15) is 0 Å². The molecule has 0 saturated heterocycles. The quantitative estimate of drug-likeness (QED) is 0.370. The first-order valence-electron chi connectivity index (χ1n) is 1.24. The van der Waals surface area contributed by atoms with Crippen LogP contribution in [0.2, 0.25) is 0 Å². The molecule has 26 valence electrons. The minimum atomic E-state index is 1.53. The van der Waals surface area contributed by atoms with Gasteiger partial charge in [0.05, 0.1) is 0 Å². The van der Waals surface area contributed by atoms with Crippen molar-refractivity contribution < 1.29 is 4.94 Å². The van der Waals surface area contributed by atoms with Crippen LogP contribution in [-0.4, -0.2) is 0 Å². The van der Waals surface area contributed by atoms with E-state index in [1.807, 2.05) is 0 Å². The Morgan fingerprint density at radius 1 is 1.80 bits per heavy atom. The van der Waals surface area contributed by atoms with E-state index in [1.165, 1.54) is 6.20 Å². The zero-order chi connectivity index (χ0) is 3.54. The van der Waals surface area contributed by atoms with Gasteiger partial charge in [0.2, 0.25) is 0 Å². The van der Waals surface area contributed by atoms with Crippen LogP contribution in [-0.2, 0) is 4.94 Å². The summed E-state index contributed by atoms with van der Waals surface area (Å²) in [6, 6.07) is 0. The molecule has 0 unspecified atom stereocenters. The minimum absolute atomic E-state index is 1.53. The smallest absolute Gasteiger partial charge is 0.195 e. The van der Waals surface area contributed by atoms with Crippen LogP contribution in [0.4, 0.5) is 0 Å². The summed E-state index contributed by atoms with van der Waals surface area (Å²) >= 11 is 0. The van der Waals surface area contributed by atoms with E-state index in [9.17, 15) is 0 Å². The van der Waals surface area contributed by atoms with Crippen LogP contribution in [0.1, 0.15) is 0 Å². The largest absolute Gasteiger partial charge is 0.418 e. The highest BCUT2D eigenvalue weighted by Gasteiger charge is 1.97. The summed E-state index contributed by atoms with van der Waals surface area (Å²) in [5.74, 6) is 0. The molecule has 0 aromatic rings. The average molecular weight is 71.1 g/mol. The summed E-state index contributed by atoms with van der Waals surface area (Å²) in [6.45, 7) is 0. The molecular formula is C2H3N2O+. The number of hydrogen-bond acceptors (Lipinski definition) is 3. The van der Waals surface area contributed by atoms with E-state index in [-0.39, 0.29) is 0 Å². The van der Waals surface area contributed by atoms with Crippen LogP contribution < -0.4 is 11.0 Å². The fraction of sp³-hybridized carbons (Fsp3) is 0. The molecule has 0 bridgehead atoms. The highest BCUT2D eigenvalue weighted by atomic mass is 16.8. The van der Waals surface area contributed by atoms with Gasteiger partial charge >= 0.3 is 12.4 Å². The second-order valence-corrected chi connectivity index (χ2v) is 0.611. The second kappa shape index (κ2) is 0.885. The monoisotopic (exact) mass is 71.0 g/mol. The molecule has 5 heavy (non-hydrogen) atoms. The second-order valence-electron chi connectivity index (χ2n) is 0.611. The summed E-state index contributed by atoms with van der Waals surface area (Å²) in [5.41, 5.74) is 4.68. The Hall–Kier alpha value is -0.790. The summed E-state index contributed by atoms with van der Waals surface area (Å²) in [4.78, 5) is 4.28. The number of nitrogens with one attached hydrogen (secondary N) is 2. The Bertz CT molecular complexity index is 45.6. The van der Waals surface area contributed by atoms with Crippen molar-refractivity contribution in [1.29, 1.82) is 0 Å². The molecule has 0 radical (unpaired) electrons. The van der Waals surface area contributed by atoms with Gasteiger partial charge in [0.25, 0.3) is 0 Å². The van der Waals surface area contributed by atoms with Crippen molar-refractivity contribution in [3.05, 3.63) is 12.4 Å². The van der Waals surface area contributed by atoms with Crippen molar-refractivity contribution in [3.63, 3.8) is 0 Å². The zero-order valence-corrected chi connectivity index (χ0v) is 2.49. The molecule has 0 fully saturated rings. The van der Waals surface area contributed by atoms with Gasteiger partial charge in [0.15, 0.2) is 0 Å². The standard InChI is InChI=1S/C2H3N2O/c1-2-4-5-3-1/h1,3-4H/q+1. The molecule has 1 aliphatic rings.